The van der Waals surface area contributed by atoms with Crippen molar-refractivity contribution in [1.82, 2.24) is 25.3 Å². The van der Waals surface area contributed by atoms with Gasteiger partial charge in [0, 0.05) is 30.8 Å². The van der Waals surface area contributed by atoms with Crippen molar-refractivity contribution in [2.24, 2.45) is 0 Å². The van der Waals surface area contributed by atoms with Crippen molar-refractivity contribution in [2.45, 2.75) is 32.4 Å². The molecule has 0 spiro atoms. The average molecular weight is 361 g/mol. The minimum Gasteiger partial charge on any atom is -0.336 e. The fourth-order valence-electron chi connectivity index (χ4n) is 2.84. The molecule has 0 aliphatic carbocycles. The molecular formula is C19H28FN5O. The van der Waals surface area contributed by atoms with Gasteiger partial charge in [0.15, 0.2) is 0 Å². The first kappa shape index (κ1) is 19.9. The van der Waals surface area contributed by atoms with Crippen LogP contribution in [0.4, 0.5) is 9.18 Å². The summed E-state index contributed by atoms with van der Waals surface area (Å²) >= 11 is 0. The van der Waals surface area contributed by atoms with Crippen LogP contribution in [0.3, 0.4) is 0 Å². The van der Waals surface area contributed by atoms with Crippen LogP contribution < -0.4 is 5.32 Å². The van der Waals surface area contributed by atoms with Gasteiger partial charge < -0.3 is 15.1 Å². The number of rotatable bonds is 8. The lowest BCUT2D eigenvalue weighted by Gasteiger charge is -2.26. The quantitative estimate of drug-likeness (QED) is 0.759. The Balaban J connectivity index is 1.97. The van der Waals surface area contributed by atoms with E-state index in [2.05, 4.69) is 27.3 Å². The summed E-state index contributed by atoms with van der Waals surface area (Å²) in [5.74, 6) is -0.283. The second-order valence-electron chi connectivity index (χ2n) is 6.73. The van der Waals surface area contributed by atoms with Crippen LogP contribution in [0.2, 0.25) is 0 Å². The van der Waals surface area contributed by atoms with Gasteiger partial charge in [-0.15, -0.1) is 0 Å². The molecule has 1 aromatic carbocycles. The molecule has 0 saturated heterocycles. The van der Waals surface area contributed by atoms with Gasteiger partial charge in [-0.1, -0.05) is 13.3 Å². The highest BCUT2D eigenvalue weighted by Crippen LogP contribution is 2.22. The van der Waals surface area contributed by atoms with E-state index >= 15 is 0 Å². The van der Waals surface area contributed by atoms with E-state index in [0.29, 0.717) is 19.1 Å². The van der Waals surface area contributed by atoms with Gasteiger partial charge in [0.1, 0.15) is 5.82 Å². The Morgan fingerprint density at radius 2 is 1.96 bits per heavy atom. The van der Waals surface area contributed by atoms with E-state index in [1.165, 1.54) is 12.1 Å². The molecule has 1 aromatic heterocycles. The van der Waals surface area contributed by atoms with E-state index in [4.69, 9.17) is 0 Å². The van der Waals surface area contributed by atoms with Gasteiger partial charge in [0.2, 0.25) is 0 Å². The van der Waals surface area contributed by atoms with Gasteiger partial charge in [-0.2, -0.15) is 5.10 Å². The molecule has 2 aromatic rings. The topological polar surface area (TPSA) is 64.3 Å². The maximum Gasteiger partial charge on any atom is 0.317 e. The second kappa shape index (κ2) is 9.33. The molecule has 26 heavy (non-hydrogen) atoms. The number of carbonyl (C=O) groups is 1. The van der Waals surface area contributed by atoms with Crippen LogP contribution in [0.5, 0.6) is 0 Å². The number of halogens is 1. The number of urea groups is 1. The number of likely N-dealkylation sites (N-methyl/N-ethyl adjacent to an activating group) is 1. The molecule has 0 aliphatic heterocycles. The lowest BCUT2D eigenvalue weighted by atomic mass is 10.1. The van der Waals surface area contributed by atoms with Gasteiger partial charge in [-0.3, -0.25) is 5.10 Å². The maximum atomic E-state index is 13.1. The van der Waals surface area contributed by atoms with Gasteiger partial charge in [0.25, 0.3) is 0 Å². The molecule has 1 heterocycles. The van der Waals surface area contributed by atoms with Crippen LogP contribution in [0.15, 0.2) is 30.5 Å². The number of nitrogens with zero attached hydrogens (tertiary/aromatic N) is 3. The van der Waals surface area contributed by atoms with Crippen molar-refractivity contribution < 1.29 is 9.18 Å². The Morgan fingerprint density at radius 3 is 2.58 bits per heavy atom. The Morgan fingerprint density at radius 1 is 1.27 bits per heavy atom. The van der Waals surface area contributed by atoms with Gasteiger partial charge in [0.05, 0.1) is 18.4 Å². The zero-order valence-electron chi connectivity index (χ0n) is 15.9. The van der Waals surface area contributed by atoms with Crippen LogP contribution in [0, 0.1) is 5.82 Å². The number of hydrogen-bond acceptors (Lipinski definition) is 3. The van der Waals surface area contributed by atoms with Crippen molar-refractivity contribution in [3.8, 4) is 11.3 Å². The highest BCUT2D eigenvalue weighted by Gasteiger charge is 2.16. The third kappa shape index (κ3) is 5.29. The van der Waals surface area contributed by atoms with Crippen LogP contribution in [-0.2, 0) is 6.54 Å². The molecule has 2 rings (SSSR count). The second-order valence-corrected chi connectivity index (χ2v) is 6.73. The Hall–Kier alpha value is -2.41. The smallest absolute Gasteiger partial charge is 0.317 e. The molecule has 1 atom stereocenters. The fourth-order valence-corrected chi connectivity index (χ4v) is 2.84. The lowest BCUT2D eigenvalue weighted by Crippen LogP contribution is -2.44. The predicted molar refractivity (Wildman–Crippen MR) is 101 cm³/mol. The summed E-state index contributed by atoms with van der Waals surface area (Å²) in [6.45, 7) is 3.16. The highest BCUT2D eigenvalue weighted by molar-refractivity contribution is 5.74. The van der Waals surface area contributed by atoms with Crippen molar-refractivity contribution in [2.75, 3.05) is 27.7 Å². The standard InChI is InChI=1S/C19H28FN5O/c1-5-6-17(24(2)3)12-21-19(26)25(4)13-15-11-22-23-18(15)14-7-9-16(20)10-8-14/h7-11,17H,5-6,12-13H2,1-4H3,(H,21,26)(H,22,23)/t17-/m0/s1. The van der Waals surface area contributed by atoms with E-state index in [1.807, 2.05) is 14.1 Å². The summed E-state index contributed by atoms with van der Waals surface area (Å²) in [5.41, 5.74) is 2.51. The normalized spacial score (nSPS) is 12.2. The molecule has 2 N–H and O–H groups in total. The average Bonchev–Trinajstić information content (AvgIpc) is 3.06. The van der Waals surface area contributed by atoms with Crippen molar-refractivity contribution in [3.63, 3.8) is 0 Å². The molecule has 2 amide bonds. The maximum absolute atomic E-state index is 13.1. The monoisotopic (exact) mass is 361 g/mol. The first-order chi connectivity index (χ1) is 12.4. The number of aromatic amines is 1. The summed E-state index contributed by atoms with van der Waals surface area (Å²) in [6.07, 6.45) is 3.81. The van der Waals surface area contributed by atoms with Gasteiger partial charge in [-0.25, -0.2) is 9.18 Å². The summed E-state index contributed by atoms with van der Waals surface area (Å²) in [6, 6.07) is 6.40. The number of nitrogens with one attached hydrogen (secondary N) is 2. The number of amides is 2. The first-order valence-electron chi connectivity index (χ1n) is 8.86. The van der Waals surface area contributed by atoms with Crippen molar-refractivity contribution >= 4 is 6.03 Å². The zero-order chi connectivity index (χ0) is 19.1. The van der Waals surface area contributed by atoms with E-state index in [0.717, 1.165) is 29.7 Å². The third-order valence-corrected chi connectivity index (χ3v) is 4.45. The van der Waals surface area contributed by atoms with E-state index in [1.54, 1.807) is 30.3 Å². The Bertz CT molecular complexity index is 698. The molecule has 0 aliphatic rings. The molecule has 0 unspecified atom stereocenters. The largest absolute Gasteiger partial charge is 0.336 e. The van der Waals surface area contributed by atoms with Crippen LogP contribution in [-0.4, -0.2) is 59.8 Å². The lowest BCUT2D eigenvalue weighted by molar-refractivity contribution is 0.199. The third-order valence-electron chi connectivity index (χ3n) is 4.45. The van der Waals surface area contributed by atoms with Crippen LogP contribution in [0.25, 0.3) is 11.3 Å². The summed E-state index contributed by atoms with van der Waals surface area (Å²) in [7, 11) is 5.80. The minimum atomic E-state index is -0.283. The van der Waals surface area contributed by atoms with Gasteiger partial charge >= 0.3 is 6.03 Å². The molecule has 7 heteroatoms. The van der Waals surface area contributed by atoms with Gasteiger partial charge in [-0.05, 0) is 44.8 Å². The number of benzene rings is 1. The summed E-state index contributed by atoms with van der Waals surface area (Å²) in [4.78, 5) is 16.2. The first-order valence-corrected chi connectivity index (χ1v) is 8.86. The highest BCUT2D eigenvalue weighted by atomic mass is 19.1. The predicted octanol–water partition coefficient (Wildman–Crippen LogP) is 3.09. The van der Waals surface area contributed by atoms with E-state index < -0.39 is 0 Å². The Labute approximate surface area is 154 Å². The van der Waals surface area contributed by atoms with E-state index in [9.17, 15) is 9.18 Å². The van der Waals surface area contributed by atoms with Crippen molar-refractivity contribution in [1.29, 1.82) is 0 Å². The zero-order valence-corrected chi connectivity index (χ0v) is 15.9. The van der Waals surface area contributed by atoms with Crippen LogP contribution in [0.1, 0.15) is 25.3 Å². The summed E-state index contributed by atoms with van der Waals surface area (Å²) < 4.78 is 13.1. The minimum absolute atomic E-state index is 0.126. The molecule has 0 fully saturated rings. The molecule has 0 bridgehead atoms. The van der Waals surface area contributed by atoms with E-state index in [-0.39, 0.29) is 11.8 Å². The number of carbonyl (C=O) groups excluding carboxylic acids is 1. The molecular weight excluding hydrogens is 333 g/mol. The SMILES string of the molecule is CCC[C@@H](CNC(=O)N(C)Cc1cn[nH]c1-c1ccc(F)cc1)N(C)C. The van der Waals surface area contributed by atoms with Crippen LogP contribution >= 0.6 is 0 Å². The van der Waals surface area contributed by atoms with Crippen molar-refractivity contribution in [3.05, 3.63) is 41.8 Å². The molecule has 142 valence electrons. The fraction of sp³-hybridized carbons (Fsp3) is 0.474. The summed E-state index contributed by atoms with van der Waals surface area (Å²) in [5, 5.41) is 9.99. The Kier molecular flexibility index (Phi) is 7.15. The number of H-pyrrole nitrogens is 1. The molecule has 6 nitrogen and oxygen atoms in total. The molecule has 0 radical (unpaired) electrons. The molecule has 0 saturated carbocycles. The number of hydrogen-bond donors (Lipinski definition) is 2. The number of aromatic nitrogens is 2.